The Balaban J connectivity index is 2.83. The third-order valence-electron chi connectivity index (χ3n) is 2.61. The van der Waals surface area contributed by atoms with Crippen LogP contribution in [0, 0.1) is 0 Å². The molecular formula is C13H17BrClNO2. The molecule has 0 aromatic heterocycles. The summed E-state index contributed by atoms with van der Waals surface area (Å²) in [6.07, 6.45) is 1.94. The van der Waals surface area contributed by atoms with Gasteiger partial charge in [-0.25, -0.2) is 0 Å². The summed E-state index contributed by atoms with van der Waals surface area (Å²) in [5.41, 5.74) is 0.579. The Morgan fingerprint density at radius 1 is 1.44 bits per heavy atom. The van der Waals surface area contributed by atoms with Gasteiger partial charge < -0.3 is 10.0 Å². The van der Waals surface area contributed by atoms with E-state index in [1.54, 1.807) is 23.1 Å². The molecule has 0 atom stereocenters. The lowest BCUT2D eigenvalue weighted by Crippen LogP contribution is -2.34. The number of carbonyl (C=O) groups is 1. The summed E-state index contributed by atoms with van der Waals surface area (Å²) in [5, 5.41) is 9.58. The Hall–Kier alpha value is -0.580. The van der Waals surface area contributed by atoms with Gasteiger partial charge in [-0.1, -0.05) is 24.9 Å². The fourth-order valence-electron chi connectivity index (χ4n) is 1.60. The molecule has 0 aliphatic carbocycles. The lowest BCUT2D eigenvalue weighted by Gasteiger charge is -2.21. The maximum absolute atomic E-state index is 12.3. The first kappa shape index (κ1) is 15.5. The molecule has 18 heavy (non-hydrogen) atoms. The molecule has 0 saturated heterocycles. The van der Waals surface area contributed by atoms with E-state index in [9.17, 15) is 4.79 Å². The lowest BCUT2D eigenvalue weighted by molar-refractivity contribution is 0.0719. The fourth-order valence-corrected chi connectivity index (χ4v) is 2.09. The summed E-state index contributed by atoms with van der Waals surface area (Å²) in [4.78, 5) is 13.9. The fraction of sp³-hybridized carbons (Fsp3) is 0.462. The van der Waals surface area contributed by atoms with Crippen molar-refractivity contribution in [3.63, 3.8) is 0 Å². The summed E-state index contributed by atoms with van der Waals surface area (Å²) in [6, 6.07) is 5.10. The van der Waals surface area contributed by atoms with Crippen molar-refractivity contribution in [2.45, 2.75) is 19.8 Å². The molecule has 1 rings (SSSR count). The van der Waals surface area contributed by atoms with Crippen LogP contribution in [0.15, 0.2) is 22.7 Å². The summed E-state index contributed by atoms with van der Waals surface area (Å²) >= 11 is 9.20. The Morgan fingerprint density at radius 3 is 2.72 bits per heavy atom. The molecule has 100 valence electrons. The van der Waals surface area contributed by atoms with E-state index in [4.69, 9.17) is 16.7 Å². The van der Waals surface area contributed by atoms with Gasteiger partial charge in [0.2, 0.25) is 0 Å². The first-order valence-corrected chi connectivity index (χ1v) is 7.12. The predicted octanol–water partition coefficient (Wildman–Crippen LogP) is 3.34. The first-order chi connectivity index (χ1) is 8.60. The molecule has 0 saturated carbocycles. The van der Waals surface area contributed by atoms with Crippen LogP contribution in [-0.2, 0) is 0 Å². The third-order valence-corrected chi connectivity index (χ3v) is 3.82. The highest BCUT2D eigenvalue weighted by atomic mass is 79.9. The third kappa shape index (κ3) is 4.26. The number of benzene rings is 1. The molecule has 0 aliphatic rings. The summed E-state index contributed by atoms with van der Waals surface area (Å²) < 4.78 is 0.703. The van der Waals surface area contributed by atoms with Gasteiger partial charge in [0.15, 0.2) is 0 Å². The van der Waals surface area contributed by atoms with E-state index in [1.165, 1.54) is 0 Å². The second kappa shape index (κ2) is 7.77. The number of hydrogen-bond acceptors (Lipinski definition) is 2. The quantitative estimate of drug-likeness (QED) is 0.867. The Kier molecular flexibility index (Phi) is 6.68. The minimum absolute atomic E-state index is 0.0236. The molecule has 3 nitrogen and oxygen atoms in total. The van der Waals surface area contributed by atoms with Crippen LogP contribution in [0.2, 0.25) is 5.02 Å². The highest BCUT2D eigenvalue weighted by Crippen LogP contribution is 2.23. The molecule has 0 spiro atoms. The van der Waals surface area contributed by atoms with Crippen LogP contribution in [-0.4, -0.2) is 35.6 Å². The Bertz CT molecular complexity index is 412. The molecule has 1 N–H and O–H groups in total. The zero-order valence-corrected chi connectivity index (χ0v) is 12.7. The predicted molar refractivity (Wildman–Crippen MR) is 77.0 cm³/mol. The number of aliphatic hydroxyl groups is 1. The van der Waals surface area contributed by atoms with Gasteiger partial charge in [-0.05, 0) is 40.5 Å². The molecule has 1 aromatic carbocycles. The van der Waals surface area contributed by atoms with Gasteiger partial charge in [-0.3, -0.25) is 4.79 Å². The zero-order valence-electron chi connectivity index (χ0n) is 10.3. The second-order valence-corrected chi connectivity index (χ2v) is 5.26. The van der Waals surface area contributed by atoms with E-state index in [2.05, 4.69) is 22.9 Å². The summed E-state index contributed by atoms with van der Waals surface area (Å²) in [5.74, 6) is -0.0742. The average molecular weight is 335 g/mol. The highest BCUT2D eigenvalue weighted by molar-refractivity contribution is 9.10. The second-order valence-electron chi connectivity index (χ2n) is 4.00. The van der Waals surface area contributed by atoms with Crippen molar-refractivity contribution in [1.82, 2.24) is 4.90 Å². The van der Waals surface area contributed by atoms with Crippen LogP contribution in [0.5, 0.6) is 0 Å². The molecule has 1 aromatic rings. The van der Waals surface area contributed by atoms with E-state index in [-0.39, 0.29) is 12.5 Å². The van der Waals surface area contributed by atoms with Gasteiger partial charge in [0.05, 0.1) is 11.6 Å². The van der Waals surface area contributed by atoms with Gasteiger partial charge in [0.25, 0.3) is 5.91 Å². The molecule has 0 radical (unpaired) electrons. The lowest BCUT2D eigenvalue weighted by atomic mass is 10.2. The van der Waals surface area contributed by atoms with Gasteiger partial charge in [0.1, 0.15) is 0 Å². The maximum Gasteiger partial charge on any atom is 0.253 e. The van der Waals surface area contributed by atoms with E-state index in [0.29, 0.717) is 28.1 Å². The number of carbonyl (C=O) groups excluding carboxylic acids is 1. The molecule has 1 amide bonds. The van der Waals surface area contributed by atoms with Gasteiger partial charge in [0, 0.05) is 23.1 Å². The van der Waals surface area contributed by atoms with Crippen LogP contribution < -0.4 is 0 Å². The number of amides is 1. The summed E-state index contributed by atoms with van der Waals surface area (Å²) in [7, 11) is 0. The molecule has 0 heterocycles. The number of aliphatic hydroxyl groups excluding tert-OH is 1. The highest BCUT2D eigenvalue weighted by Gasteiger charge is 2.15. The number of unbranched alkanes of at least 4 members (excludes halogenated alkanes) is 1. The smallest absolute Gasteiger partial charge is 0.253 e. The van der Waals surface area contributed by atoms with Crippen molar-refractivity contribution in [3.05, 3.63) is 33.3 Å². The van der Waals surface area contributed by atoms with E-state index in [0.717, 1.165) is 12.8 Å². The zero-order chi connectivity index (χ0) is 13.5. The van der Waals surface area contributed by atoms with Gasteiger partial charge >= 0.3 is 0 Å². The monoisotopic (exact) mass is 333 g/mol. The van der Waals surface area contributed by atoms with Crippen molar-refractivity contribution >= 4 is 33.4 Å². The average Bonchev–Trinajstić information content (AvgIpc) is 2.37. The molecular weight excluding hydrogens is 318 g/mol. The Labute approximate surface area is 121 Å². The van der Waals surface area contributed by atoms with E-state index in [1.807, 2.05) is 0 Å². The standard InChI is InChI=1S/C13H17BrClNO2/c1-2-3-6-16(7-8-17)13(18)10-4-5-12(15)11(14)9-10/h4-5,9,17H,2-3,6-8H2,1H3. The van der Waals surface area contributed by atoms with Crippen molar-refractivity contribution in [1.29, 1.82) is 0 Å². The SMILES string of the molecule is CCCCN(CCO)C(=O)c1ccc(Cl)c(Br)c1. The number of rotatable bonds is 6. The van der Waals surface area contributed by atoms with E-state index >= 15 is 0 Å². The number of nitrogens with zero attached hydrogens (tertiary/aromatic N) is 1. The molecule has 0 bridgehead atoms. The minimum Gasteiger partial charge on any atom is -0.395 e. The van der Waals surface area contributed by atoms with Crippen molar-refractivity contribution < 1.29 is 9.90 Å². The summed E-state index contributed by atoms with van der Waals surface area (Å²) in [6.45, 7) is 3.07. The van der Waals surface area contributed by atoms with Crippen molar-refractivity contribution in [3.8, 4) is 0 Å². The van der Waals surface area contributed by atoms with Gasteiger partial charge in [-0.15, -0.1) is 0 Å². The maximum atomic E-state index is 12.3. The van der Waals surface area contributed by atoms with E-state index < -0.39 is 0 Å². The largest absolute Gasteiger partial charge is 0.395 e. The molecule has 0 fully saturated rings. The van der Waals surface area contributed by atoms with Crippen LogP contribution >= 0.6 is 27.5 Å². The Morgan fingerprint density at radius 2 is 2.17 bits per heavy atom. The number of halogens is 2. The topological polar surface area (TPSA) is 40.5 Å². The molecule has 0 unspecified atom stereocenters. The number of hydrogen-bond donors (Lipinski definition) is 1. The first-order valence-electron chi connectivity index (χ1n) is 5.95. The van der Waals surface area contributed by atoms with Crippen LogP contribution in [0.25, 0.3) is 0 Å². The van der Waals surface area contributed by atoms with Crippen LogP contribution in [0.4, 0.5) is 0 Å². The molecule has 0 aliphatic heterocycles. The van der Waals surface area contributed by atoms with Crippen LogP contribution in [0.1, 0.15) is 30.1 Å². The van der Waals surface area contributed by atoms with Crippen molar-refractivity contribution in [2.75, 3.05) is 19.7 Å². The van der Waals surface area contributed by atoms with Crippen LogP contribution in [0.3, 0.4) is 0 Å². The van der Waals surface area contributed by atoms with Crippen molar-refractivity contribution in [2.24, 2.45) is 0 Å². The van der Waals surface area contributed by atoms with Gasteiger partial charge in [-0.2, -0.15) is 0 Å². The molecule has 5 heteroatoms. The minimum atomic E-state index is -0.0742. The normalized spacial score (nSPS) is 10.4.